The molecule has 0 radical (unpaired) electrons. The molecule has 0 amide bonds. The first-order valence-corrected chi connectivity index (χ1v) is 8.00. The molecule has 22 heavy (non-hydrogen) atoms. The van der Waals surface area contributed by atoms with Gasteiger partial charge in [-0.2, -0.15) is 0 Å². The lowest BCUT2D eigenvalue weighted by molar-refractivity contribution is -0.0982. The molecule has 124 valence electrons. The molecule has 2 N–H and O–H groups in total. The lowest BCUT2D eigenvalue weighted by Gasteiger charge is -2.38. The first-order chi connectivity index (χ1) is 10.1. The minimum atomic E-state index is -1.05. The Hall–Kier alpha value is -0.875. The van der Waals surface area contributed by atoms with Gasteiger partial charge in [-0.1, -0.05) is 38.1 Å². The molecule has 0 bridgehead atoms. The van der Waals surface area contributed by atoms with Crippen LogP contribution in [0.1, 0.15) is 47.1 Å². The highest BCUT2D eigenvalue weighted by atomic mass is 16.5. The van der Waals surface area contributed by atoms with E-state index in [-0.39, 0.29) is 0 Å². The Morgan fingerprint density at radius 2 is 1.55 bits per heavy atom. The summed E-state index contributed by atoms with van der Waals surface area (Å²) in [5.74, 6) is 0. The summed E-state index contributed by atoms with van der Waals surface area (Å²) < 4.78 is 5.65. The van der Waals surface area contributed by atoms with Crippen LogP contribution in [0, 0.1) is 0 Å². The number of hydrogen-bond donors (Lipinski definition) is 2. The molecule has 1 aromatic rings. The Balaban J connectivity index is 2.74. The molecule has 0 saturated heterocycles. The van der Waals surface area contributed by atoms with Gasteiger partial charge in [-0.15, -0.1) is 0 Å². The molecule has 4 nitrogen and oxygen atoms in total. The Kier molecular flexibility index (Phi) is 6.62. The van der Waals surface area contributed by atoms with Gasteiger partial charge in [-0.05, 0) is 51.8 Å². The van der Waals surface area contributed by atoms with Gasteiger partial charge in [0.1, 0.15) is 0 Å². The number of rotatable bonds is 8. The second-order valence-corrected chi connectivity index (χ2v) is 6.74. The first kappa shape index (κ1) is 19.2. The van der Waals surface area contributed by atoms with Crippen molar-refractivity contribution >= 4 is 12.6 Å². The number of benzene rings is 1. The summed E-state index contributed by atoms with van der Waals surface area (Å²) in [7, 11) is -1.05. The molecule has 5 heteroatoms. The van der Waals surface area contributed by atoms with Crippen molar-refractivity contribution in [3.8, 4) is 0 Å². The molecule has 0 heterocycles. The second kappa shape index (κ2) is 7.60. The Morgan fingerprint density at radius 3 is 1.95 bits per heavy atom. The van der Waals surface area contributed by atoms with Crippen molar-refractivity contribution in [3.05, 3.63) is 29.8 Å². The zero-order chi connectivity index (χ0) is 17.0. The predicted octanol–water partition coefficient (Wildman–Crippen LogP) is 1.78. The van der Waals surface area contributed by atoms with Crippen molar-refractivity contribution in [3.63, 3.8) is 0 Å². The van der Waals surface area contributed by atoms with E-state index in [9.17, 15) is 10.1 Å². The highest BCUT2D eigenvalue weighted by molar-refractivity contribution is 6.60. The van der Waals surface area contributed by atoms with Crippen LogP contribution in [0.3, 0.4) is 0 Å². The maximum atomic E-state index is 10.2. The fourth-order valence-electron chi connectivity index (χ4n) is 1.98. The molecule has 0 aromatic heterocycles. The van der Waals surface area contributed by atoms with Crippen molar-refractivity contribution in [1.29, 1.82) is 0 Å². The fourth-order valence-corrected chi connectivity index (χ4v) is 1.98. The number of hydrogen-bond acceptors (Lipinski definition) is 4. The Bertz CT molecular complexity index is 450. The van der Waals surface area contributed by atoms with Crippen LogP contribution in [0.25, 0.3) is 0 Å². The van der Waals surface area contributed by atoms with E-state index in [0.29, 0.717) is 5.46 Å². The molecule has 0 fully saturated rings. The molecule has 0 aliphatic rings. The van der Waals surface area contributed by atoms with Crippen LogP contribution >= 0.6 is 0 Å². The molecular formula is C17H30BNO3. The zero-order valence-electron chi connectivity index (χ0n) is 14.8. The highest BCUT2D eigenvalue weighted by Crippen LogP contribution is 2.25. The van der Waals surface area contributed by atoms with Gasteiger partial charge in [-0.25, -0.2) is 0 Å². The zero-order valence-corrected chi connectivity index (χ0v) is 14.8. The lowest BCUT2D eigenvalue weighted by atomic mass is 9.76. The summed E-state index contributed by atoms with van der Waals surface area (Å²) in [6, 6.07) is 7.78. The van der Waals surface area contributed by atoms with Crippen LogP contribution in [0.4, 0.5) is 0 Å². The second-order valence-electron chi connectivity index (χ2n) is 6.74. The molecule has 0 atom stereocenters. The topological polar surface area (TPSA) is 52.9 Å². The maximum absolute atomic E-state index is 10.2. The molecular weight excluding hydrogens is 277 g/mol. The minimum Gasteiger partial charge on any atom is -0.423 e. The fraction of sp³-hybridized carbons (Fsp3) is 0.647. The third kappa shape index (κ3) is 5.09. The summed E-state index contributed by atoms with van der Waals surface area (Å²) in [5, 5.41) is 20.3. The number of nitrogens with zero attached hydrogens (tertiary/aromatic N) is 1. The number of aliphatic hydroxyl groups is 1. The summed E-state index contributed by atoms with van der Waals surface area (Å²) in [6.45, 7) is 14.1. The summed E-state index contributed by atoms with van der Waals surface area (Å²) in [4.78, 5) is 2.33. The van der Waals surface area contributed by atoms with Crippen LogP contribution in [0.15, 0.2) is 24.3 Å². The van der Waals surface area contributed by atoms with Gasteiger partial charge >= 0.3 is 7.12 Å². The molecule has 1 rings (SSSR count). The third-order valence-electron chi connectivity index (χ3n) is 4.45. The van der Waals surface area contributed by atoms with E-state index in [2.05, 4.69) is 18.7 Å². The van der Waals surface area contributed by atoms with E-state index in [1.54, 1.807) is 27.7 Å². The van der Waals surface area contributed by atoms with Crippen LogP contribution < -0.4 is 5.46 Å². The van der Waals surface area contributed by atoms with Gasteiger partial charge in [0.15, 0.2) is 0 Å². The third-order valence-corrected chi connectivity index (χ3v) is 4.45. The molecule has 0 spiro atoms. The average Bonchev–Trinajstić information content (AvgIpc) is 2.43. The molecule has 0 aliphatic carbocycles. The summed E-state index contributed by atoms with van der Waals surface area (Å²) in [6.07, 6.45) is 0. The largest absolute Gasteiger partial charge is 0.491 e. The normalized spacial score (nSPS) is 12.8. The van der Waals surface area contributed by atoms with Crippen LogP contribution in [-0.2, 0) is 11.2 Å². The van der Waals surface area contributed by atoms with Gasteiger partial charge in [0, 0.05) is 6.54 Å². The van der Waals surface area contributed by atoms with Crippen molar-refractivity contribution in [1.82, 2.24) is 4.90 Å². The van der Waals surface area contributed by atoms with Crippen LogP contribution in [0.5, 0.6) is 0 Å². The predicted molar refractivity (Wildman–Crippen MR) is 92.1 cm³/mol. The van der Waals surface area contributed by atoms with Crippen molar-refractivity contribution in [2.45, 2.75) is 59.3 Å². The standard InChI is InChI=1S/C17H30BNO3/c1-7-19(8-2)13-14-9-11-15(12-10-14)18(21)22-17(5,6)16(3,4)20/h9-12,20-21H,7-8,13H2,1-6H3. The quantitative estimate of drug-likeness (QED) is 0.719. The highest BCUT2D eigenvalue weighted by Gasteiger charge is 2.39. The Labute approximate surface area is 135 Å². The monoisotopic (exact) mass is 307 g/mol. The first-order valence-electron chi connectivity index (χ1n) is 8.00. The summed E-state index contributed by atoms with van der Waals surface area (Å²) >= 11 is 0. The van der Waals surface area contributed by atoms with E-state index in [4.69, 9.17) is 4.65 Å². The molecule has 1 aromatic carbocycles. The SMILES string of the molecule is CCN(CC)Cc1ccc(B(O)OC(C)(C)C(C)(C)O)cc1. The Morgan fingerprint density at radius 1 is 1.05 bits per heavy atom. The molecule has 0 saturated carbocycles. The van der Waals surface area contributed by atoms with E-state index in [1.807, 2.05) is 24.3 Å². The van der Waals surface area contributed by atoms with Gasteiger partial charge in [0.05, 0.1) is 11.2 Å². The van der Waals surface area contributed by atoms with Crippen LogP contribution in [-0.4, -0.2) is 46.4 Å². The van der Waals surface area contributed by atoms with Gasteiger partial charge in [0.25, 0.3) is 0 Å². The van der Waals surface area contributed by atoms with Gasteiger partial charge in [-0.3, -0.25) is 4.90 Å². The molecule has 0 unspecified atom stereocenters. The van der Waals surface area contributed by atoms with E-state index in [1.165, 1.54) is 5.56 Å². The van der Waals surface area contributed by atoms with Crippen molar-refractivity contribution < 1.29 is 14.8 Å². The lowest BCUT2D eigenvalue weighted by Crippen LogP contribution is -2.53. The van der Waals surface area contributed by atoms with Crippen molar-refractivity contribution in [2.24, 2.45) is 0 Å². The van der Waals surface area contributed by atoms with E-state index in [0.717, 1.165) is 19.6 Å². The average molecular weight is 307 g/mol. The summed E-state index contributed by atoms with van der Waals surface area (Å²) in [5.41, 5.74) is 0.00483. The van der Waals surface area contributed by atoms with Gasteiger partial charge < -0.3 is 14.8 Å². The van der Waals surface area contributed by atoms with E-state index >= 15 is 0 Å². The molecule has 0 aliphatic heterocycles. The minimum absolute atomic E-state index is 0.695. The van der Waals surface area contributed by atoms with Gasteiger partial charge in [0.2, 0.25) is 0 Å². The van der Waals surface area contributed by atoms with E-state index < -0.39 is 18.3 Å². The maximum Gasteiger partial charge on any atom is 0.491 e. The van der Waals surface area contributed by atoms with Crippen LogP contribution in [0.2, 0.25) is 0 Å². The van der Waals surface area contributed by atoms with Crippen molar-refractivity contribution in [2.75, 3.05) is 13.1 Å². The smallest absolute Gasteiger partial charge is 0.423 e.